The maximum absolute atomic E-state index is 15.2. The number of halogens is 2. The van der Waals surface area contributed by atoms with E-state index >= 15 is 4.39 Å². The number of aryl methyl sites for hydroxylation is 1. The number of nitrogens with two attached hydrogens (primary N) is 1. The van der Waals surface area contributed by atoms with Gasteiger partial charge in [0, 0.05) is 35.5 Å². The Morgan fingerprint density at radius 3 is 2.56 bits per heavy atom. The molecule has 2 aromatic carbocycles. The van der Waals surface area contributed by atoms with Crippen LogP contribution in [0.1, 0.15) is 97.1 Å². The van der Waals surface area contributed by atoms with E-state index in [9.17, 15) is 14.3 Å². The Kier molecular flexibility index (Phi) is 10.3. The molecule has 7 nitrogen and oxygen atoms in total. The smallest absolute Gasteiger partial charge is 0.251 e. The highest BCUT2D eigenvalue weighted by atomic mass is 19.1. The van der Waals surface area contributed by atoms with Crippen molar-refractivity contribution < 1.29 is 23.4 Å². The molecule has 4 rings (SSSR count). The summed E-state index contributed by atoms with van der Waals surface area (Å²) in [5.41, 5.74) is 9.35. The molecule has 238 valence electrons. The first-order chi connectivity index (χ1) is 21.2. The van der Waals surface area contributed by atoms with E-state index < -0.39 is 23.2 Å². The van der Waals surface area contributed by atoms with Gasteiger partial charge in [0.2, 0.25) is 0 Å². The number of pyridine rings is 1. The topological polar surface area (TPSA) is 110 Å². The number of nitrogens with one attached hydrogen (secondary N) is 1. The number of benzene rings is 2. The number of hydrogen-bond donors (Lipinski definition) is 3. The van der Waals surface area contributed by atoms with E-state index in [-0.39, 0.29) is 30.0 Å². The zero-order valence-electron chi connectivity index (χ0n) is 27.0. The number of nitrogens with zero attached hydrogens (tertiary/aromatic N) is 2. The molecule has 1 aliphatic rings. The normalized spacial score (nSPS) is 14.5. The number of aliphatic imine (C=N–C) groups is 1. The summed E-state index contributed by atoms with van der Waals surface area (Å²) in [4.78, 5) is 22.8. The first-order valence-electron chi connectivity index (χ1n) is 15.2. The lowest BCUT2D eigenvalue weighted by Gasteiger charge is -2.21. The van der Waals surface area contributed by atoms with Crippen LogP contribution in [0.4, 0.5) is 14.5 Å². The lowest BCUT2D eigenvalue weighted by Crippen LogP contribution is -2.29. The van der Waals surface area contributed by atoms with Gasteiger partial charge in [-0.05, 0) is 93.8 Å². The van der Waals surface area contributed by atoms with Crippen LogP contribution in [-0.4, -0.2) is 47.5 Å². The Hall–Kier alpha value is -4.29. The van der Waals surface area contributed by atoms with Gasteiger partial charge in [-0.2, -0.15) is 0 Å². The number of hydrogen-bond acceptors (Lipinski definition) is 6. The molecule has 0 saturated heterocycles. The Labute approximate surface area is 264 Å². The van der Waals surface area contributed by atoms with Gasteiger partial charge < -0.3 is 20.9 Å². The average Bonchev–Trinajstić information content (AvgIpc) is 3.82. The predicted octanol–water partition coefficient (Wildman–Crippen LogP) is 6.62. The van der Waals surface area contributed by atoms with Crippen molar-refractivity contribution in [3.8, 4) is 28.8 Å². The number of carbonyl (C=O) groups excluding carboxylic acids is 1. The first kappa shape index (κ1) is 33.6. The summed E-state index contributed by atoms with van der Waals surface area (Å²) in [5, 5.41) is 13.4. The highest BCUT2D eigenvalue weighted by Crippen LogP contribution is 2.35. The molecule has 0 aliphatic heterocycles. The SMILES string of the molecule is CCC(C)c1cc(C(C#CC(C)(C)O)CNC(=O)c2cc(C=NC3CC3)c(N)c(OC)c2)nc(-c2cc(C)c(F)cc2F)c1C. The average molecular weight is 617 g/mol. The molecule has 1 aliphatic carbocycles. The first-order valence-corrected chi connectivity index (χ1v) is 15.2. The van der Waals surface area contributed by atoms with Crippen molar-refractivity contribution in [3.63, 3.8) is 0 Å². The molecule has 2 atom stereocenters. The summed E-state index contributed by atoms with van der Waals surface area (Å²) < 4.78 is 34.8. The summed E-state index contributed by atoms with van der Waals surface area (Å²) >= 11 is 0. The van der Waals surface area contributed by atoms with Gasteiger partial charge in [0.25, 0.3) is 5.91 Å². The monoisotopic (exact) mass is 616 g/mol. The fourth-order valence-electron chi connectivity index (χ4n) is 4.92. The molecule has 1 heterocycles. The van der Waals surface area contributed by atoms with Gasteiger partial charge in [0.05, 0.1) is 36.1 Å². The van der Waals surface area contributed by atoms with Crippen molar-refractivity contribution in [2.45, 2.75) is 84.3 Å². The van der Waals surface area contributed by atoms with Gasteiger partial charge in [-0.1, -0.05) is 25.7 Å². The van der Waals surface area contributed by atoms with Crippen molar-refractivity contribution in [2.75, 3.05) is 19.4 Å². The van der Waals surface area contributed by atoms with E-state index in [0.29, 0.717) is 39.5 Å². The molecule has 1 saturated carbocycles. The summed E-state index contributed by atoms with van der Waals surface area (Å²) in [7, 11) is 1.48. The second kappa shape index (κ2) is 13.8. The Morgan fingerprint density at radius 2 is 1.93 bits per heavy atom. The second-order valence-electron chi connectivity index (χ2n) is 12.3. The van der Waals surface area contributed by atoms with Gasteiger partial charge in [-0.3, -0.25) is 14.8 Å². The molecule has 1 fully saturated rings. The molecule has 4 N–H and O–H groups in total. The zero-order chi connectivity index (χ0) is 33.1. The van der Waals surface area contributed by atoms with E-state index in [1.165, 1.54) is 13.2 Å². The van der Waals surface area contributed by atoms with Gasteiger partial charge in [0.1, 0.15) is 23.0 Å². The molecule has 3 aromatic rings. The molecule has 0 radical (unpaired) electrons. The van der Waals surface area contributed by atoms with Gasteiger partial charge >= 0.3 is 0 Å². The summed E-state index contributed by atoms with van der Waals surface area (Å²) in [6.45, 7) is 10.8. The predicted molar refractivity (Wildman–Crippen MR) is 175 cm³/mol. The van der Waals surface area contributed by atoms with E-state index in [0.717, 1.165) is 36.5 Å². The minimum atomic E-state index is -1.31. The number of methoxy groups -OCH3 is 1. The van der Waals surface area contributed by atoms with Crippen LogP contribution in [-0.2, 0) is 0 Å². The van der Waals surface area contributed by atoms with Crippen LogP contribution < -0.4 is 15.8 Å². The van der Waals surface area contributed by atoms with Crippen molar-refractivity contribution in [2.24, 2.45) is 4.99 Å². The van der Waals surface area contributed by atoms with Gasteiger partial charge in [-0.15, -0.1) is 0 Å². The quantitative estimate of drug-likeness (QED) is 0.135. The number of nitrogen functional groups attached to an aromatic ring is 1. The Bertz CT molecular complexity index is 1680. The molecule has 45 heavy (non-hydrogen) atoms. The van der Waals surface area contributed by atoms with Crippen LogP contribution in [0.25, 0.3) is 11.3 Å². The standard InChI is InChI=1S/C36H42F2N4O3/c1-8-20(2)27-16-31(42-34(22(27)4)28-13-21(3)29(37)17-30(28)38)23(11-12-36(5,6)44)18-41-35(43)24-14-25(19-40-26-9-10-26)33(39)32(15-24)45-7/h13-17,19-20,23,26,44H,8-10,18,39H2,1-7H3,(H,41,43). The van der Waals surface area contributed by atoms with E-state index in [4.69, 9.17) is 15.5 Å². The summed E-state index contributed by atoms with van der Waals surface area (Å²) in [5.74, 6) is 3.99. The number of anilines is 1. The van der Waals surface area contributed by atoms with Gasteiger partial charge in [-0.25, -0.2) is 8.78 Å². The van der Waals surface area contributed by atoms with E-state index in [1.54, 1.807) is 39.1 Å². The summed E-state index contributed by atoms with van der Waals surface area (Å²) in [6, 6.07) is 7.77. The Morgan fingerprint density at radius 1 is 1.22 bits per heavy atom. The van der Waals surface area contributed by atoms with Crippen molar-refractivity contribution >= 4 is 17.8 Å². The molecule has 0 spiro atoms. The van der Waals surface area contributed by atoms with E-state index in [1.807, 2.05) is 13.0 Å². The van der Waals surface area contributed by atoms with Crippen LogP contribution in [0.3, 0.4) is 0 Å². The van der Waals surface area contributed by atoms with E-state index in [2.05, 4.69) is 36.0 Å². The molecule has 0 bridgehead atoms. The number of amides is 1. The minimum absolute atomic E-state index is 0.0421. The number of rotatable bonds is 10. The number of ether oxygens (including phenoxy) is 1. The Balaban J connectivity index is 1.76. The lowest BCUT2D eigenvalue weighted by atomic mass is 9.89. The van der Waals surface area contributed by atoms with Crippen LogP contribution >= 0.6 is 0 Å². The lowest BCUT2D eigenvalue weighted by molar-refractivity contribution is 0.0952. The third-order valence-corrected chi connectivity index (χ3v) is 7.98. The fourth-order valence-corrected chi connectivity index (χ4v) is 4.92. The fraction of sp³-hybridized carbons (Fsp3) is 0.417. The molecule has 1 aromatic heterocycles. The van der Waals surface area contributed by atoms with Gasteiger partial charge in [0.15, 0.2) is 0 Å². The summed E-state index contributed by atoms with van der Waals surface area (Å²) in [6.07, 6.45) is 4.55. The number of aromatic nitrogens is 1. The molecular formula is C36H42F2N4O3. The third kappa shape index (κ3) is 8.25. The molecule has 1 amide bonds. The molecule has 2 unspecified atom stereocenters. The maximum Gasteiger partial charge on any atom is 0.251 e. The van der Waals surface area contributed by atoms with Crippen LogP contribution in [0.15, 0.2) is 35.3 Å². The third-order valence-electron chi connectivity index (χ3n) is 7.98. The second-order valence-corrected chi connectivity index (χ2v) is 12.3. The van der Waals surface area contributed by atoms with Crippen LogP contribution in [0.5, 0.6) is 5.75 Å². The largest absolute Gasteiger partial charge is 0.495 e. The maximum atomic E-state index is 15.2. The number of aliphatic hydroxyl groups is 1. The highest BCUT2D eigenvalue weighted by molar-refractivity contribution is 5.99. The molecular weight excluding hydrogens is 574 g/mol. The van der Waals surface area contributed by atoms with Crippen molar-refractivity contribution in [1.29, 1.82) is 0 Å². The zero-order valence-corrected chi connectivity index (χ0v) is 27.0. The van der Waals surface area contributed by atoms with Crippen molar-refractivity contribution in [1.82, 2.24) is 10.3 Å². The number of carbonyl (C=O) groups is 1. The van der Waals surface area contributed by atoms with Crippen molar-refractivity contribution in [3.05, 3.63) is 75.5 Å². The minimum Gasteiger partial charge on any atom is -0.495 e. The molecule has 9 heteroatoms. The van der Waals surface area contributed by atoms with Crippen LogP contribution in [0.2, 0.25) is 0 Å². The highest BCUT2D eigenvalue weighted by Gasteiger charge is 2.24. The van der Waals surface area contributed by atoms with Crippen LogP contribution in [0, 0.1) is 37.3 Å².